The second-order valence-electron chi connectivity index (χ2n) is 5.25. The van der Waals surface area contributed by atoms with Gasteiger partial charge in [-0.15, -0.1) is 6.58 Å². The fourth-order valence-corrected chi connectivity index (χ4v) is 1.21. The summed E-state index contributed by atoms with van der Waals surface area (Å²) in [5, 5.41) is 10.7. The number of hydrogen-bond donors (Lipinski definition) is 1. The van der Waals surface area contributed by atoms with Crippen LogP contribution in [-0.2, 0) is 4.74 Å². The first kappa shape index (κ1) is 17.9. The summed E-state index contributed by atoms with van der Waals surface area (Å²) in [6, 6.07) is 0. The predicted molar refractivity (Wildman–Crippen MR) is 76.1 cm³/mol. The largest absolute Gasteiger partial charge is 0.444 e. The quantitative estimate of drug-likeness (QED) is 0.261. The van der Waals surface area contributed by atoms with Gasteiger partial charge in [0.15, 0.2) is 0 Å². The van der Waals surface area contributed by atoms with Crippen LogP contribution in [0, 0.1) is 10.1 Å². The summed E-state index contributed by atoms with van der Waals surface area (Å²) in [4.78, 5) is 26.8. The third-order valence-corrected chi connectivity index (χ3v) is 2.04. The van der Waals surface area contributed by atoms with Crippen molar-refractivity contribution in [1.82, 2.24) is 4.90 Å². The molecule has 0 spiro atoms. The fraction of sp³-hybridized carbons (Fsp3) is 0.667. The molecule has 8 heteroatoms. The minimum Gasteiger partial charge on any atom is -0.444 e. The summed E-state index contributed by atoms with van der Waals surface area (Å²) >= 11 is 0. The van der Waals surface area contributed by atoms with Gasteiger partial charge in [0.1, 0.15) is 11.4 Å². The number of rotatable bonds is 6. The van der Waals surface area contributed by atoms with Gasteiger partial charge in [-0.3, -0.25) is 10.1 Å². The van der Waals surface area contributed by atoms with Crippen molar-refractivity contribution < 1.29 is 14.5 Å². The number of amidine groups is 1. The third-order valence-electron chi connectivity index (χ3n) is 2.04. The lowest BCUT2D eigenvalue weighted by atomic mass is 10.2. The summed E-state index contributed by atoms with van der Waals surface area (Å²) in [7, 11) is 1.48. The molecule has 0 radical (unpaired) electrons. The van der Waals surface area contributed by atoms with E-state index in [1.807, 2.05) is 0 Å². The zero-order valence-corrected chi connectivity index (χ0v) is 12.3. The van der Waals surface area contributed by atoms with Crippen LogP contribution in [-0.4, -0.2) is 47.1 Å². The van der Waals surface area contributed by atoms with Crippen molar-refractivity contribution in [2.24, 2.45) is 10.7 Å². The molecule has 0 saturated heterocycles. The molecule has 0 heterocycles. The maximum absolute atomic E-state index is 11.7. The molecule has 0 rings (SSSR count). The van der Waals surface area contributed by atoms with Crippen molar-refractivity contribution in [1.29, 1.82) is 0 Å². The van der Waals surface area contributed by atoms with Gasteiger partial charge in [-0.1, -0.05) is 6.08 Å². The Bertz CT molecular complexity index is 401. The highest BCUT2D eigenvalue weighted by atomic mass is 16.6. The van der Waals surface area contributed by atoms with E-state index in [2.05, 4.69) is 11.6 Å². The topological polar surface area (TPSA) is 111 Å². The minimum absolute atomic E-state index is 0.0121. The van der Waals surface area contributed by atoms with Crippen molar-refractivity contribution >= 4 is 11.9 Å². The third kappa shape index (κ3) is 7.34. The molecule has 2 N–H and O–H groups in total. The number of nitrogens with two attached hydrogens (primary N) is 1. The van der Waals surface area contributed by atoms with Crippen LogP contribution >= 0.6 is 0 Å². The van der Waals surface area contributed by atoms with Crippen LogP contribution < -0.4 is 5.73 Å². The molecule has 114 valence electrons. The SMILES string of the molecule is C=CCC(/N=C(\N)CN(C)C(=O)OC(C)(C)C)[N+](=O)[O-]. The molecule has 0 aromatic heterocycles. The monoisotopic (exact) mass is 286 g/mol. The number of carbonyl (C=O) groups excluding carboxylic acids is 1. The lowest BCUT2D eigenvalue weighted by molar-refractivity contribution is -0.519. The van der Waals surface area contributed by atoms with Crippen molar-refractivity contribution in [3.8, 4) is 0 Å². The summed E-state index contributed by atoms with van der Waals surface area (Å²) in [6.07, 6.45) is -0.289. The summed E-state index contributed by atoms with van der Waals surface area (Å²) in [5.74, 6) is -0.0121. The molecule has 1 atom stereocenters. The lowest BCUT2D eigenvalue weighted by Crippen LogP contribution is -2.40. The van der Waals surface area contributed by atoms with Crippen LogP contribution in [0.3, 0.4) is 0 Å². The van der Waals surface area contributed by atoms with Crippen LogP contribution in [0.25, 0.3) is 0 Å². The molecule has 20 heavy (non-hydrogen) atoms. The Kier molecular flexibility index (Phi) is 6.67. The second kappa shape index (κ2) is 7.46. The van der Waals surface area contributed by atoms with Crippen molar-refractivity contribution in [2.45, 2.75) is 39.0 Å². The van der Waals surface area contributed by atoms with Gasteiger partial charge < -0.3 is 15.4 Å². The summed E-state index contributed by atoms with van der Waals surface area (Å²) in [6.45, 7) is 8.59. The molecule has 0 aromatic carbocycles. The van der Waals surface area contributed by atoms with E-state index in [1.54, 1.807) is 20.8 Å². The molecule has 0 aliphatic rings. The molecule has 8 nitrogen and oxygen atoms in total. The molecular weight excluding hydrogens is 264 g/mol. The average molecular weight is 286 g/mol. The average Bonchev–Trinajstić information content (AvgIpc) is 2.25. The Morgan fingerprint density at radius 1 is 1.60 bits per heavy atom. The molecule has 0 aromatic rings. The van der Waals surface area contributed by atoms with E-state index in [1.165, 1.54) is 18.0 Å². The highest BCUT2D eigenvalue weighted by Crippen LogP contribution is 2.09. The molecule has 0 bridgehead atoms. The normalized spacial score (nSPS) is 13.5. The Hall–Kier alpha value is -2.12. The molecule has 0 aliphatic carbocycles. The molecule has 0 saturated carbocycles. The first-order valence-corrected chi connectivity index (χ1v) is 6.07. The zero-order chi connectivity index (χ0) is 15.9. The number of hydrogen-bond acceptors (Lipinski definition) is 5. The first-order valence-electron chi connectivity index (χ1n) is 6.07. The van der Waals surface area contributed by atoms with Crippen LogP contribution in [0.5, 0.6) is 0 Å². The van der Waals surface area contributed by atoms with E-state index in [0.29, 0.717) is 0 Å². The van der Waals surface area contributed by atoms with E-state index in [0.717, 1.165) is 0 Å². The van der Waals surface area contributed by atoms with Crippen molar-refractivity contribution in [3.05, 3.63) is 22.8 Å². The molecule has 1 unspecified atom stereocenters. The predicted octanol–water partition coefficient (Wildman–Crippen LogP) is 1.39. The van der Waals surface area contributed by atoms with E-state index in [9.17, 15) is 14.9 Å². The zero-order valence-electron chi connectivity index (χ0n) is 12.3. The van der Waals surface area contributed by atoms with E-state index in [-0.39, 0.29) is 18.8 Å². The smallest absolute Gasteiger partial charge is 0.410 e. The van der Waals surface area contributed by atoms with Gasteiger partial charge in [0.05, 0.1) is 13.0 Å². The maximum atomic E-state index is 11.7. The van der Waals surface area contributed by atoms with E-state index >= 15 is 0 Å². The second-order valence-corrected chi connectivity index (χ2v) is 5.25. The number of carbonyl (C=O) groups is 1. The summed E-state index contributed by atoms with van der Waals surface area (Å²) in [5.41, 5.74) is 4.99. The Balaban J connectivity index is 4.64. The number of ether oxygens (including phenoxy) is 1. The Labute approximate surface area is 118 Å². The van der Waals surface area contributed by atoms with E-state index in [4.69, 9.17) is 10.5 Å². The van der Waals surface area contributed by atoms with Gasteiger partial charge in [0.25, 0.3) is 0 Å². The number of nitro groups is 1. The number of aliphatic imine (C=N–C) groups is 1. The first-order chi connectivity index (χ1) is 9.06. The Morgan fingerprint density at radius 2 is 2.15 bits per heavy atom. The van der Waals surface area contributed by atoms with Gasteiger partial charge in [-0.05, 0) is 20.8 Å². The number of nitrogens with zero attached hydrogens (tertiary/aromatic N) is 3. The fourth-order valence-electron chi connectivity index (χ4n) is 1.21. The van der Waals surface area contributed by atoms with Gasteiger partial charge in [0.2, 0.25) is 0 Å². The standard InChI is InChI=1S/C12H22N4O4/c1-6-7-10(16(18)19)14-9(13)8-15(5)11(17)20-12(2,3)4/h6,10H,1,7-8H2,2-5H3,(H2,13,14). The molecule has 0 aliphatic heterocycles. The Morgan fingerprint density at radius 3 is 2.55 bits per heavy atom. The lowest BCUT2D eigenvalue weighted by Gasteiger charge is -2.24. The van der Waals surface area contributed by atoms with Gasteiger partial charge in [-0.2, -0.15) is 4.99 Å². The number of amides is 1. The van der Waals surface area contributed by atoms with Crippen LogP contribution in [0.15, 0.2) is 17.6 Å². The highest BCUT2D eigenvalue weighted by molar-refractivity contribution is 5.85. The van der Waals surface area contributed by atoms with Crippen LogP contribution in [0.1, 0.15) is 27.2 Å². The number of likely N-dealkylation sites (N-methyl/N-ethyl adjacent to an activating group) is 1. The summed E-state index contributed by atoms with van der Waals surface area (Å²) < 4.78 is 5.13. The highest BCUT2D eigenvalue weighted by Gasteiger charge is 2.21. The molecule has 0 fully saturated rings. The molecular formula is C12H22N4O4. The van der Waals surface area contributed by atoms with Crippen molar-refractivity contribution in [3.63, 3.8) is 0 Å². The van der Waals surface area contributed by atoms with Crippen LogP contribution in [0.2, 0.25) is 0 Å². The maximum Gasteiger partial charge on any atom is 0.410 e. The van der Waals surface area contributed by atoms with Crippen molar-refractivity contribution in [2.75, 3.05) is 13.6 Å². The van der Waals surface area contributed by atoms with Gasteiger partial charge in [0, 0.05) is 12.0 Å². The molecule has 1 amide bonds. The minimum atomic E-state index is -1.18. The van der Waals surface area contributed by atoms with Gasteiger partial charge >= 0.3 is 12.3 Å². The van der Waals surface area contributed by atoms with Crippen LogP contribution in [0.4, 0.5) is 4.79 Å². The van der Waals surface area contributed by atoms with Gasteiger partial charge in [-0.25, -0.2) is 4.79 Å². The van der Waals surface area contributed by atoms with E-state index < -0.39 is 22.8 Å².